The van der Waals surface area contributed by atoms with Crippen molar-refractivity contribution in [1.29, 1.82) is 0 Å². The fourth-order valence-corrected chi connectivity index (χ4v) is 2.80. The van der Waals surface area contributed by atoms with Crippen LogP contribution in [0.3, 0.4) is 0 Å². The lowest BCUT2D eigenvalue weighted by Crippen LogP contribution is -2.27. The van der Waals surface area contributed by atoms with Gasteiger partial charge in [0.25, 0.3) is 0 Å². The van der Waals surface area contributed by atoms with Gasteiger partial charge in [0.15, 0.2) is 0 Å². The van der Waals surface area contributed by atoms with Crippen LogP contribution in [0, 0.1) is 6.92 Å². The van der Waals surface area contributed by atoms with E-state index in [2.05, 4.69) is 10.6 Å². The predicted molar refractivity (Wildman–Crippen MR) is 102 cm³/mol. The summed E-state index contributed by atoms with van der Waals surface area (Å²) >= 11 is 0. The van der Waals surface area contributed by atoms with Crippen molar-refractivity contribution in [3.63, 3.8) is 0 Å². The number of hydrogen-bond acceptors (Lipinski definition) is 3. The number of nitrogens with zero attached hydrogens (tertiary/aromatic N) is 1. The zero-order chi connectivity index (χ0) is 18.4. The quantitative estimate of drug-likeness (QED) is 0.750. The maximum absolute atomic E-state index is 12.0. The number of hydrogen-bond donors (Lipinski definition) is 2. The highest BCUT2D eigenvalue weighted by molar-refractivity contribution is 5.95. The highest BCUT2D eigenvalue weighted by Crippen LogP contribution is 2.20. The number of carbonyl (C=O) groups excluding carboxylic acids is 2. The molecule has 1 aliphatic rings. The topological polar surface area (TPSA) is 70.7 Å². The van der Waals surface area contributed by atoms with Crippen LogP contribution in [0.25, 0.3) is 0 Å². The normalized spacial score (nSPS) is 13.4. The van der Waals surface area contributed by atoms with Crippen molar-refractivity contribution < 1.29 is 14.3 Å². The third-order valence-corrected chi connectivity index (χ3v) is 4.22. The molecule has 1 fully saturated rings. The van der Waals surface area contributed by atoms with E-state index < -0.39 is 0 Å². The van der Waals surface area contributed by atoms with E-state index in [0.717, 1.165) is 22.7 Å². The average Bonchev–Trinajstić information content (AvgIpc) is 3.07. The SMILES string of the molecule is Cc1ccccc1OCCCC(=O)Nc1ccc(N2CCNC2=O)cc1. The number of ether oxygens (including phenoxy) is 1. The number of rotatable bonds is 7. The molecule has 1 saturated heterocycles. The van der Waals surface area contributed by atoms with Crippen molar-refractivity contribution in [1.82, 2.24) is 5.32 Å². The Morgan fingerprint density at radius 2 is 1.96 bits per heavy atom. The van der Waals surface area contributed by atoms with E-state index in [9.17, 15) is 9.59 Å². The van der Waals surface area contributed by atoms with Crippen molar-refractivity contribution >= 4 is 23.3 Å². The summed E-state index contributed by atoms with van der Waals surface area (Å²) in [5.74, 6) is 0.805. The molecule has 0 saturated carbocycles. The highest BCUT2D eigenvalue weighted by atomic mass is 16.5. The molecule has 0 atom stereocenters. The van der Waals surface area contributed by atoms with E-state index in [0.29, 0.717) is 32.5 Å². The zero-order valence-corrected chi connectivity index (χ0v) is 14.8. The molecule has 0 aliphatic carbocycles. The van der Waals surface area contributed by atoms with Crippen LogP contribution in [-0.4, -0.2) is 31.6 Å². The Bertz CT molecular complexity index is 774. The molecule has 136 valence electrons. The molecule has 2 aromatic carbocycles. The molecule has 3 amide bonds. The van der Waals surface area contributed by atoms with E-state index in [1.165, 1.54) is 0 Å². The summed E-state index contributed by atoms with van der Waals surface area (Å²) in [5.41, 5.74) is 2.63. The van der Waals surface area contributed by atoms with E-state index >= 15 is 0 Å². The van der Waals surface area contributed by atoms with Gasteiger partial charge in [-0.1, -0.05) is 18.2 Å². The fraction of sp³-hybridized carbons (Fsp3) is 0.300. The van der Waals surface area contributed by atoms with Crippen LogP contribution in [0.5, 0.6) is 5.75 Å². The number of amides is 3. The number of anilines is 2. The minimum absolute atomic E-state index is 0.0509. The summed E-state index contributed by atoms with van der Waals surface area (Å²) in [7, 11) is 0. The Kier molecular flexibility index (Phi) is 5.73. The standard InChI is InChI=1S/C20H23N3O3/c1-15-5-2-3-6-18(15)26-14-4-7-19(24)22-16-8-10-17(11-9-16)23-13-12-21-20(23)25/h2-3,5-6,8-11H,4,7,12-14H2,1H3,(H,21,25)(H,22,24). The second kappa shape index (κ2) is 8.38. The largest absolute Gasteiger partial charge is 0.493 e. The maximum Gasteiger partial charge on any atom is 0.321 e. The van der Waals surface area contributed by atoms with Crippen molar-refractivity contribution in [2.24, 2.45) is 0 Å². The van der Waals surface area contributed by atoms with Gasteiger partial charge in [0.2, 0.25) is 5.91 Å². The van der Waals surface area contributed by atoms with Gasteiger partial charge in [0, 0.05) is 30.9 Å². The predicted octanol–water partition coefficient (Wildman–Crippen LogP) is 3.32. The molecule has 2 N–H and O–H groups in total. The Labute approximate surface area is 153 Å². The number of urea groups is 1. The molecule has 1 heterocycles. The highest BCUT2D eigenvalue weighted by Gasteiger charge is 2.20. The lowest BCUT2D eigenvalue weighted by molar-refractivity contribution is -0.116. The van der Waals surface area contributed by atoms with Gasteiger partial charge in [-0.2, -0.15) is 0 Å². The minimum atomic E-state index is -0.0876. The Morgan fingerprint density at radius 1 is 1.19 bits per heavy atom. The zero-order valence-electron chi connectivity index (χ0n) is 14.8. The lowest BCUT2D eigenvalue weighted by Gasteiger charge is -2.14. The number of benzene rings is 2. The Hall–Kier alpha value is -3.02. The molecule has 0 unspecified atom stereocenters. The van der Waals surface area contributed by atoms with Crippen molar-refractivity contribution in [3.05, 3.63) is 54.1 Å². The van der Waals surface area contributed by atoms with E-state index in [-0.39, 0.29) is 11.9 Å². The Morgan fingerprint density at radius 3 is 2.65 bits per heavy atom. The molecule has 0 aromatic heterocycles. The van der Waals surface area contributed by atoms with E-state index in [4.69, 9.17) is 4.74 Å². The summed E-state index contributed by atoms with van der Waals surface area (Å²) in [5, 5.41) is 5.63. The summed E-state index contributed by atoms with van der Waals surface area (Å²) < 4.78 is 5.70. The van der Waals surface area contributed by atoms with Gasteiger partial charge >= 0.3 is 6.03 Å². The van der Waals surface area contributed by atoms with Crippen LogP contribution in [-0.2, 0) is 4.79 Å². The number of nitrogens with one attached hydrogen (secondary N) is 2. The van der Waals surface area contributed by atoms with Gasteiger partial charge in [0.1, 0.15) is 5.75 Å². The summed E-state index contributed by atoms with van der Waals surface area (Å²) in [4.78, 5) is 25.4. The van der Waals surface area contributed by atoms with E-state index in [1.807, 2.05) is 55.5 Å². The molecule has 6 nitrogen and oxygen atoms in total. The monoisotopic (exact) mass is 353 g/mol. The molecule has 2 aromatic rings. The molecule has 26 heavy (non-hydrogen) atoms. The third-order valence-electron chi connectivity index (χ3n) is 4.22. The van der Waals surface area contributed by atoms with Gasteiger partial charge in [-0.15, -0.1) is 0 Å². The summed E-state index contributed by atoms with van der Waals surface area (Å²) in [6.07, 6.45) is 1.04. The van der Waals surface area contributed by atoms with Crippen LogP contribution in [0.4, 0.5) is 16.2 Å². The number of carbonyl (C=O) groups is 2. The average molecular weight is 353 g/mol. The first-order chi connectivity index (χ1) is 12.6. The minimum Gasteiger partial charge on any atom is -0.493 e. The second-order valence-corrected chi connectivity index (χ2v) is 6.20. The van der Waals surface area contributed by atoms with Gasteiger partial charge in [-0.3, -0.25) is 9.69 Å². The molecular weight excluding hydrogens is 330 g/mol. The van der Waals surface area contributed by atoms with Crippen molar-refractivity contribution in [2.45, 2.75) is 19.8 Å². The summed E-state index contributed by atoms with van der Waals surface area (Å²) in [6, 6.07) is 15.0. The molecule has 0 bridgehead atoms. The second-order valence-electron chi connectivity index (χ2n) is 6.20. The third kappa shape index (κ3) is 4.53. The van der Waals surface area contributed by atoms with Gasteiger partial charge in [0.05, 0.1) is 6.61 Å². The Balaban J connectivity index is 1.42. The van der Waals surface area contributed by atoms with Gasteiger partial charge < -0.3 is 15.4 Å². The van der Waals surface area contributed by atoms with E-state index in [1.54, 1.807) is 4.90 Å². The fourth-order valence-electron chi connectivity index (χ4n) is 2.80. The van der Waals surface area contributed by atoms with Crippen LogP contribution in [0.1, 0.15) is 18.4 Å². The van der Waals surface area contributed by atoms with Gasteiger partial charge in [-0.05, 0) is 49.2 Å². The molecule has 1 aliphatic heterocycles. The van der Waals surface area contributed by atoms with Crippen LogP contribution < -0.4 is 20.3 Å². The summed E-state index contributed by atoms with van der Waals surface area (Å²) in [6.45, 7) is 3.81. The van der Waals surface area contributed by atoms with Gasteiger partial charge in [-0.25, -0.2) is 4.79 Å². The van der Waals surface area contributed by atoms with Crippen LogP contribution >= 0.6 is 0 Å². The molecule has 6 heteroatoms. The lowest BCUT2D eigenvalue weighted by atomic mass is 10.2. The smallest absolute Gasteiger partial charge is 0.321 e. The first-order valence-electron chi connectivity index (χ1n) is 8.77. The molecule has 0 radical (unpaired) electrons. The molecule has 3 rings (SSSR count). The van der Waals surface area contributed by atoms with Crippen LogP contribution in [0.2, 0.25) is 0 Å². The maximum atomic E-state index is 12.0. The van der Waals surface area contributed by atoms with Crippen molar-refractivity contribution in [2.75, 3.05) is 29.9 Å². The molecule has 0 spiro atoms. The van der Waals surface area contributed by atoms with Crippen molar-refractivity contribution in [3.8, 4) is 5.75 Å². The van der Waals surface area contributed by atoms with Crippen LogP contribution in [0.15, 0.2) is 48.5 Å². The number of para-hydroxylation sites is 1. The first kappa shape index (κ1) is 17.8. The first-order valence-corrected chi connectivity index (χ1v) is 8.77. The molecular formula is C20H23N3O3. The number of aryl methyl sites for hydroxylation is 1.